The average Bonchev–Trinajstić information content (AvgIpc) is 3.56. The molecule has 0 bridgehead atoms. The number of carbonyl (C=O) groups excluding carboxylic acids is 4. The Balaban J connectivity index is 2.25. The van der Waals surface area contributed by atoms with Crippen molar-refractivity contribution in [3.8, 4) is 0 Å². The molecule has 5 N–H and O–H groups in total. The molecule has 1 saturated heterocycles. The molecule has 1 aliphatic heterocycles. The molecule has 2 rings (SSSR count). The van der Waals surface area contributed by atoms with Gasteiger partial charge in [0.2, 0.25) is 23.6 Å². The van der Waals surface area contributed by atoms with Gasteiger partial charge in [-0.3, -0.25) is 19.2 Å². The van der Waals surface area contributed by atoms with Crippen LogP contribution < -0.4 is 16.4 Å². The topological polar surface area (TPSA) is 164 Å². The van der Waals surface area contributed by atoms with Gasteiger partial charge in [0.25, 0.3) is 0 Å². The van der Waals surface area contributed by atoms with Crippen molar-refractivity contribution in [3.05, 3.63) is 35.9 Å². The number of benzene rings is 1. The summed E-state index contributed by atoms with van der Waals surface area (Å²) in [6.45, 7) is 11.6. The van der Waals surface area contributed by atoms with Gasteiger partial charge in [-0.05, 0) is 37.2 Å². The fourth-order valence-corrected chi connectivity index (χ4v) is 6.58. The molecule has 0 saturated carbocycles. The number of methoxy groups -OCH3 is 2. The van der Waals surface area contributed by atoms with Crippen LogP contribution in [0, 0.1) is 17.8 Å². The summed E-state index contributed by atoms with van der Waals surface area (Å²) in [7, 11) is 4.82. The normalized spacial score (nSPS) is 19.8. The number of aliphatic hydroxyl groups is 1. The first-order valence-corrected chi connectivity index (χ1v) is 17.3. The van der Waals surface area contributed by atoms with Crippen LogP contribution >= 0.6 is 0 Å². The highest BCUT2D eigenvalue weighted by Gasteiger charge is 2.42. The van der Waals surface area contributed by atoms with E-state index in [0.29, 0.717) is 13.0 Å². The lowest BCUT2D eigenvalue weighted by molar-refractivity contribution is -0.146. The van der Waals surface area contributed by atoms with E-state index in [1.165, 1.54) is 7.11 Å². The van der Waals surface area contributed by atoms with E-state index in [1.807, 2.05) is 58.0 Å². The largest absolute Gasteiger partial charge is 0.394 e. The van der Waals surface area contributed by atoms with Crippen molar-refractivity contribution >= 4 is 23.6 Å². The number of nitrogens with zero attached hydrogens (tertiary/aromatic N) is 2. The van der Waals surface area contributed by atoms with Crippen LogP contribution in [0.15, 0.2) is 30.3 Å². The van der Waals surface area contributed by atoms with Crippen molar-refractivity contribution < 1.29 is 33.8 Å². The highest BCUT2D eigenvalue weighted by Crippen LogP contribution is 2.29. The molecule has 1 heterocycles. The second-order valence-electron chi connectivity index (χ2n) is 13.7. The van der Waals surface area contributed by atoms with Gasteiger partial charge < -0.3 is 40.7 Å². The number of carbonyl (C=O) groups is 4. The minimum atomic E-state index is -0.876. The Kier molecular flexibility index (Phi) is 17.0. The molecular weight excluding hydrogens is 614 g/mol. The van der Waals surface area contributed by atoms with Crippen LogP contribution in [0.25, 0.3) is 0 Å². The van der Waals surface area contributed by atoms with Gasteiger partial charge in [0.15, 0.2) is 0 Å². The lowest BCUT2D eigenvalue weighted by Crippen LogP contribution is -2.56. The Hall–Kier alpha value is -3.06. The molecule has 0 radical (unpaired) electrons. The van der Waals surface area contributed by atoms with Gasteiger partial charge in [0.05, 0.1) is 49.3 Å². The molecule has 0 spiro atoms. The number of likely N-dealkylation sites (N-methyl/N-ethyl adjacent to an activating group) is 1. The second-order valence-corrected chi connectivity index (χ2v) is 13.7. The highest BCUT2D eigenvalue weighted by molar-refractivity contribution is 5.89. The van der Waals surface area contributed by atoms with E-state index < -0.39 is 42.2 Å². The smallest absolute Gasteiger partial charge is 0.243 e. The number of hydrogen-bond acceptors (Lipinski definition) is 8. The van der Waals surface area contributed by atoms with Crippen molar-refractivity contribution in [2.24, 2.45) is 23.5 Å². The van der Waals surface area contributed by atoms with E-state index in [2.05, 4.69) is 10.6 Å². The Bertz CT molecular complexity index is 1170. The predicted octanol–water partition coefficient (Wildman–Crippen LogP) is 2.11. The number of rotatable bonds is 19. The molecule has 1 aromatic rings. The number of likely N-dealkylation sites (tertiary alicyclic amines) is 1. The van der Waals surface area contributed by atoms with Crippen LogP contribution in [0.1, 0.15) is 72.8 Å². The molecule has 12 nitrogen and oxygen atoms in total. The van der Waals surface area contributed by atoms with Gasteiger partial charge in [-0.15, -0.1) is 0 Å². The summed E-state index contributed by atoms with van der Waals surface area (Å²) in [6, 6.07) is 6.64. The van der Waals surface area contributed by atoms with Gasteiger partial charge in [-0.25, -0.2) is 0 Å². The molecule has 1 aliphatic rings. The number of ether oxygens (including phenoxy) is 2. The molecule has 0 aliphatic carbocycles. The fourth-order valence-electron chi connectivity index (χ4n) is 6.58. The summed E-state index contributed by atoms with van der Waals surface area (Å²) in [5, 5.41) is 15.1. The molecule has 0 unspecified atom stereocenters. The molecule has 9 atom stereocenters. The first kappa shape index (κ1) is 41.1. The third-order valence-electron chi connectivity index (χ3n) is 9.84. The number of hydrogen-bond donors (Lipinski definition) is 4. The quantitative estimate of drug-likeness (QED) is 0.173. The van der Waals surface area contributed by atoms with Crippen LogP contribution in [0.4, 0.5) is 0 Å². The minimum Gasteiger partial charge on any atom is -0.394 e. The van der Waals surface area contributed by atoms with Crippen LogP contribution in [-0.4, -0.2) is 115 Å². The van der Waals surface area contributed by atoms with E-state index in [9.17, 15) is 24.3 Å². The van der Waals surface area contributed by atoms with E-state index in [4.69, 9.17) is 15.2 Å². The monoisotopic (exact) mass is 675 g/mol. The molecule has 1 fully saturated rings. The summed E-state index contributed by atoms with van der Waals surface area (Å²) in [4.78, 5) is 57.5. The Morgan fingerprint density at radius 3 is 2.21 bits per heavy atom. The Morgan fingerprint density at radius 1 is 1.02 bits per heavy atom. The summed E-state index contributed by atoms with van der Waals surface area (Å²) >= 11 is 0. The fraction of sp³-hybridized carbons (Fsp3) is 0.722. The van der Waals surface area contributed by atoms with Gasteiger partial charge in [-0.1, -0.05) is 71.4 Å². The summed E-state index contributed by atoms with van der Waals surface area (Å²) in [6.07, 6.45) is 1.30. The Morgan fingerprint density at radius 2 is 1.67 bits per heavy atom. The number of amides is 4. The lowest BCUT2D eigenvalue weighted by Gasteiger charge is -2.40. The highest BCUT2D eigenvalue weighted by atomic mass is 16.5. The zero-order chi connectivity index (χ0) is 36.1. The standard InChI is InChI=1S/C36H61N5O7/c1-10-23(4)32(40(7)36(46)31(37)22(2)3)29(47-8)20-30(43)41-18-14-17-28(41)33(48-9)25(6)34(44)39-27(35(45)38-24(5)21-42)19-26-15-12-11-13-16-26/h11-13,15-16,22-25,27-29,31-33,42H,10,14,17-21,37H2,1-9H3,(H,38,45)(H,39,44)/t23-,24-,25+,27-,28-,29+,31-,32-,33+/m0/s1. The first-order valence-electron chi connectivity index (χ1n) is 17.3. The van der Waals surface area contributed by atoms with Crippen LogP contribution in [-0.2, 0) is 35.1 Å². The molecule has 4 amide bonds. The van der Waals surface area contributed by atoms with E-state index in [0.717, 1.165) is 18.4 Å². The molecule has 272 valence electrons. The minimum absolute atomic E-state index is 0.0391. The third-order valence-corrected chi connectivity index (χ3v) is 9.84. The molecule has 48 heavy (non-hydrogen) atoms. The van der Waals surface area contributed by atoms with Crippen LogP contribution in [0.2, 0.25) is 0 Å². The molecular formula is C36H61N5O7. The van der Waals surface area contributed by atoms with Crippen molar-refractivity contribution in [2.45, 2.75) is 116 Å². The zero-order valence-corrected chi connectivity index (χ0v) is 30.5. The Labute approximate surface area is 287 Å². The second kappa shape index (κ2) is 19.8. The van der Waals surface area contributed by atoms with Gasteiger partial charge in [-0.2, -0.15) is 0 Å². The SMILES string of the molecule is CC[C@H](C)[C@@H]([C@@H](CC(=O)N1CCC[C@H]1[C@H](OC)[C@@H](C)C(=O)N[C@@H](Cc1ccccc1)C(=O)N[C@@H](C)CO)OC)N(C)C(=O)[C@@H](N)C(C)C. The first-order chi connectivity index (χ1) is 22.7. The maximum atomic E-state index is 14.0. The van der Waals surface area contributed by atoms with Crippen molar-refractivity contribution in [1.82, 2.24) is 20.4 Å². The number of nitrogens with one attached hydrogen (secondary N) is 2. The maximum absolute atomic E-state index is 14.0. The molecule has 0 aromatic heterocycles. The van der Waals surface area contributed by atoms with Crippen molar-refractivity contribution in [3.63, 3.8) is 0 Å². The molecule has 12 heteroatoms. The van der Waals surface area contributed by atoms with Crippen LogP contribution in [0.3, 0.4) is 0 Å². The zero-order valence-electron chi connectivity index (χ0n) is 30.5. The predicted molar refractivity (Wildman–Crippen MR) is 186 cm³/mol. The van der Waals surface area contributed by atoms with Crippen molar-refractivity contribution in [1.29, 1.82) is 0 Å². The molecule has 1 aromatic carbocycles. The van der Waals surface area contributed by atoms with Crippen LogP contribution in [0.5, 0.6) is 0 Å². The number of aliphatic hydroxyl groups excluding tert-OH is 1. The summed E-state index contributed by atoms with van der Waals surface area (Å²) < 4.78 is 11.8. The number of nitrogens with two attached hydrogens (primary N) is 1. The van der Waals surface area contributed by atoms with Gasteiger partial charge >= 0.3 is 0 Å². The lowest BCUT2D eigenvalue weighted by atomic mass is 9.89. The van der Waals surface area contributed by atoms with E-state index >= 15 is 0 Å². The van der Waals surface area contributed by atoms with Gasteiger partial charge in [0.1, 0.15) is 6.04 Å². The maximum Gasteiger partial charge on any atom is 0.243 e. The van der Waals surface area contributed by atoms with E-state index in [1.54, 1.807) is 37.8 Å². The average molecular weight is 676 g/mol. The van der Waals surface area contributed by atoms with Gasteiger partial charge in [0, 0.05) is 40.3 Å². The summed E-state index contributed by atoms with van der Waals surface area (Å²) in [5.74, 6) is -1.78. The van der Waals surface area contributed by atoms with Crippen molar-refractivity contribution in [2.75, 3.05) is 34.4 Å². The summed E-state index contributed by atoms with van der Waals surface area (Å²) in [5.41, 5.74) is 7.10. The third kappa shape index (κ3) is 11.0. The van der Waals surface area contributed by atoms with E-state index in [-0.39, 0.29) is 61.1 Å².